The standard InChI is InChI=1S/C12H17ClN2O2S/c1-7(10-2-3-11(13)18-10)12(17)15-5-8-4-14-6-9(8)16/h2-3,7-9,14,16H,4-6H2,1H3,(H,15,17). The summed E-state index contributed by atoms with van der Waals surface area (Å²) in [6.07, 6.45) is -0.364. The molecule has 1 aliphatic rings. The minimum atomic E-state index is -0.364. The third kappa shape index (κ3) is 3.23. The number of carbonyl (C=O) groups is 1. The summed E-state index contributed by atoms with van der Waals surface area (Å²) in [5.74, 6) is -0.116. The van der Waals surface area contributed by atoms with E-state index in [1.165, 1.54) is 11.3 Å². The van der Waals surface area contributed by atoms with Crippen LogP contribution in [-0.4, -0.2) is 36.8 Å². The first-order valence-corrected chi connectivity index (χ1v) is 7.19. The van der Waals surface area contributed by atoms with Crippen LogP contribution in [-0.2, 0) is 4.79 Å². The molecule has 1 amide bonds. The summed E-state index contributed by atoms with van der Waals surface area (Å²) in [6, 6.07) is 3.68. The van der Waals surface area contributed by atoms with Gasteiger partial charge in [0, 0.05) is 30.4 Å². The molecule has 2 heterocycles. The molecule has 1 fully saturated rings. The zero-order valence-corrected chi connectivity index (χ0v) is 11.7. The van der Waals surface area contributed by atoms with Crippen LogP contribution in [0.15, 0.2) is 12.1 Å². The lowest BCUT2D eigenvalue weighted by Crippen LogP contribution is -2.36. The minimum absolute atomic E-state index is 0.0207. The zero-order chi connectivity index (χ0) is 13.1. The van der Waals surface area contributed by atoms with Gasteiger partial charge in [0.05, 0.1) is 16.4 Å². The molecule has 0 saturated carbocycles. The van der Waals surface area contributed by atoms with E-state index in [1.807, 2.05) is 13.0 Å². The first-order chi connectivity index (χ1) is 8.58. The van der Waals surface area contributed by atoms with Crippen molar-refractivity contribution in [3.05, 3.63) is 21.3 Å². The Hall–Kier alpha value is -0.620. The number of amides is 1. The molecule has 1 saturated heterocycles. The van der Waals surface area contributed by atoms with E-state index in [1.54, 1.807) is 6.07 Å². The number of hydrogen-bond donors (Lipinski definition) is 3. The normalized spacial score (nSPS) is 25.1. The lowest BCUT2D eigenvalue weighted by molar-refractivity contribution is -0.122. The molecule has 100 valence electrons. The van der Waals surface area contributed by atoms with Gasteiger partial charge in [-0.15, -0.1) is 11.3 Å². The lowest BCUT2D eigenvalue weighted by Gasteiger charge is -2.16. The summed E-state index contributed by atoms with van der Waals surface area (Å²) >= 11 is 7.28. The lowest BCUT2D eigenvalue weighted by atomic mass is 10.1. The van der Waals surface area contributed by atoms with Crippen molar-refractivity contribution in [3.8, 4) is 0 Å². The van der Waals surface area contributed by atoms with Crippen LogP contribution in [0.1, 0.15) is 17.7 Å². The van der Waals surface area contributed by atoms with Gasteiger partial charge in [-0.2, -0.15) is 0 Å². The highest BCUT2D eigenvalue weighted by Gasteiger charge is 2.26. The predicted molar refractivity (Wildman–Crippen MR) is 73.1 cm³/mol. The SMILES string of the molecule is CC(C(=O)NCC1CNCC1O)c1ccc(Cl)s1. The molecular formula is C12H17ClN2O2S. The second-order valence-electron chi connectivity index (χ2n) is 4.59. The Morgan fingerprint density at radius 2 is 2.44 bits per heavy atom. The van der Waals surface area contributed by atoms with Crippen molar-refractivity contribution in [2.24, 2.45) is 5.92 Å². The topological polar surface area (TPSA) is 61.4 Å². The summed E-state index contributed by atoms with van der Waals surface area (Å²) < 4.78 is 0.695. The van der Waals surface area contributed by atoms with Crippen LogP contribution in [0.4, 0.5) is 0 Å². The highest BCUT2D eigenvalue weighted by molar-refractivity contribution is 7.16. The van der Waals surface area contributed by atoms with Gasteiger partial charge in [-0.1, -0.05) is 11.6 Å². The summed E-state index contributed by atoms with van der Waals surface area (Å²) in [5.41, 5.74) is 0. The highest BCUT2D eigenvalue weighted by Crippen LogP contribution is 2.28. The Labute approximate surface area is 115 Å². The van der Waals surface area contributed by atoms with E-state index in [-0.39, 0.29) is 23.8 Å². The van der Waals surface area contributed by atoms with Crippen molar-refractivity contribution in [1.29, 1.82) is 0 Å². The summed E-state index contributed by atoms with van der Waals surface area (Å²) in [7, 11) is 0. The largest absolute Gasteiger partial charge is 0.391 e. The minimum Gasteiger partial charge on any atom is -0.391 e. The maximum Gasteiger partial charge on any atom is 0.228 e. The van der Waals surface area contributed by atoms with E-state index < -0.39 is 0 Å². The summed E-state index contributed by atoms with van der Waals surface area (Å²) in [6.45, 7) is 3.73. The Balaban J connectivity index is 1.84. The molecular weight excluding hydrogens is 272 g/mol. The number of aliphatic hydroxyl groups is 1. The first kappa shape index (κ1) is 13.8. The van der Waals surface area contributed by atoms with E-state index in [4.69, 9.17) is 11.6 Å². The molecule has 2 rings (SSSR count). The molecule has 18 heavy (non-hydrogen) atoms. The van der Waals surface area contributed by atoms with Crippen molar-refractivity contribution < 1.29 is 9.90 Å². The van der Waals surface area contributed by atoms with E-state index in [9.17, 15) is 9.90 Å². The van der Waals surface area contributed by atoms with E-state index in [2.05, 4.69) is 10.6 Å². The van der Waals surface area contributed by atoms with Gasteiger partial charge < -0.3 is 15.7 Å². The number of β-amino-alcohol motifs (C(OH)–C–C–N with tert-alkyl or cyclic N) is 1. The quantitative estimate of drug-likeness (QED) is 0.780. The highest BCUT2D eigenvalue weighted by atomic mass is 35.5. The number of carbonyl (C=O) groups excluding carboxylic acids is 1. The Bertz CT molecular complexity index is 424. The van der Waals surface area contributed by atoms with Crippen LogP contribution in [0.3, 0.4) is 0 Å². The molecule has 1 aromatic rings. The smallest absolute Gasteiger partial charge is 0.228 e. The van der Waals surface area contributed by atoms with Crippen molar-refractivity contribution in [1.82, 2.24) is 10.6 Å². The fourth-order valence-electron chi connectivity index (χ4n) is 2.00. The second kappa shape index (κ2) is 6.02. The molecule has 0 spiro atoms. The molecule has 0 aliphatic carbocycles. The number of rotatable bonds is 4. The summed E-state index contributed by atoms with van der Waals surface area (Å²) in [5, 5.41) is 15.6. The number of aliphatic hydroxyl groups excluding tert-OH is 1. The van der Waals surface area contributed by atoms with Gasteiger partial charge in [0.1, 0.15) is 0 Å². The third-order valence-corrected chi connectivity index (χ3v) is 4.67. The fourth-order valence-corrected chi connectivity index (χ4v) is 3.11. The molecule has 0 radical (unpaired) electrons. The van der Waals surface area contributed by atoms with Gasteiger partial charge in [0.2, 0.25) is 5.91 Å². The number of nitrogens with one attached hydrogen (secondary N) is 2. The molecule has 0 bridgehead atoms. The van der Waals surface area contributed by atoms with Gasteiger partial charge >= 0.3 is 0 Å². The van der Waals surface area contributed by atoms with Crippen LogP contribution in [0, 0.1) is 5.92 Å². The number of halogens is 1. The van der Waals surface area contributed by atoms with Crippen molar-refractivity contribution in [3.63, 3.8) is 0 Å². The maximum atomic E-state index is 12.0. The van der Waals surface area contributed by atoms with E-state index in [0.29, 0.717) is 17.4 Å². The van der Waals surface area contributed by atoms with Crippen LogP contribution < -0.4 is 10.6 Å². The van der Waals surface area contributed by atoms with Crippen molar-refractivity contribution >= 4 is 28.8 Å². The Kier molecular flexibility index (Phi) is 4.61. The maximum absolute atomic E-state index is 12.0. The predicted octanol–water partition coefficient (Wildman–Crippen LogP) is 1.20. The van der Waals surface area contributed by atoms with Gasteiger partial charge in [-0.05, 0) is 19.1 Å². The fraction of sp³-hybridized carbons (Fsp3) is 0.583. The molecule has 1 aliphatic heterocycles. The first-order valence-electron chi connectivity index (χ1n) is 5.99. The monoisotopic (exact) mass is 288 g/mol. The van der Waals surface area contributed by atoms with Crippen LogP contribution >= 0.6 is 22.9 Å². The van der Waals surface area contributed by atoms with Gasteiger partial charge in [-0.3, -0.25) is 4.79 Å². The van der Waals surface area contributed by atoms with Crippen LogP contribution in [0.5, 0.6) is 0 Å². The molecule has 0 aromatic carbocycles. The number of thiophene rings is 1. The average Bonchev–Trinajstić information content (AvgIpc) is 2.94. The Morgan fingerprint density at radius 3 is 3.00 bits per heavy atom. The molecule has 3 N–H and O–H groups in total. The van der Waals surface area contributed by atoms with Crippen LogP contribution in [0.2, 0.25) is 4.34 Å². The van der Waals surface area contributed by atoms with E-state index in [0.717, 1.165) is 11.4 Å². The number of hydrogen-bond acceptors (Lipinski definition) is 4. The van der Waals surface area contributed by atoms with Crippen LogP contribution in [0.25, 0.3) is 0 Å². The molecule has 1 aromatic heterocycles. The third-order valence-electron chi connectivity index (χ3n) is 3.26. The molecule has 3 atom stereocenters. The van der Waals surface area contributed by atoms with Gasteiger partial charge in [-0.25, -0.2) is 0 Å². The van der Waals surface area contributed by atoms with Gasteiger partial charge in [0.15, 0.2) is 0 Å². The molecule has 4 nitrogen and oxygen atoms in total. The molecule has 3 unspecified atom stereocenters. The second-order valence-corrected chi connectivity index (χ2v) is 6.34. The van der Waals surface area contributed by atoms with Crippen molar-refractivity contribution in [2.75, 3.05) is 19.6 Å². The summed E-state index contributed by atoms with van der Waals surface area (Å²) in [4.78, 5) is 12.9. The van der Waals surface area contributed by atoms with Crippen molar-refractivity contribution in [2.45, 2.75) is 18.9 Å². The van der Waals surface area contributed by atoms with Gasteiger partial charge in [0.25, 0.3) is 0 Å². The molecule has 6 heteroatoms. The van der Waals surface area contributed by atoms with E-state index >= 15 is 0 Å². The Morgan fingerprint density at radius 1 is 1.67 bits per heavy atom. The zero-order valence-electron chi connectivity index (χ0n) is 10.1. The average molecular weight is 289 g/mol.